The second-order valence-corrected chi connectivity index (χ2v) is 4.80. The van der Waals surface area contributed by atoms with Gasteiger partial charge in [0.05, 0.1) is 17.0 Å². The fourth-order valence-corrected chi connectivity index (χ4v) is 2.12. The molecule has 0 aromatic heterocycles. The highest BCUT2D eigenvalue weighted by molar-refractivity contribution is 9.10. The maximum Gasteiger partial charge on any atom is 0.312 e. The van der Waals surface area contributed by atoms with Gasteiger partial charge in [-0.2, -0.15) is 0 Å². The summed E-state index contributed by atoms with van der Waals surface area (Å²) in [4.78, 5) is 11.4. The first kappa shape index (κ1) is 12.3. The summed E-state index contributed by atoms with van der Waals surface area (Å²) >= 11 is 3.12. The molecule has 0 amide bonds. The number of carbonyl (C=O) groups excluding carboxylic acids is 1. The lowest BCUT2D eigenvalue weighted by atomic mass is 10.00. The zero-order valence-electron chi connectivity index (χ0n) is 9.16. The first-order valence-corrected chi connectivity index (χ1v) is 6.26. The molecule has 0 spiro atoms. The Bertz CT molecular complexity index is 457. The molecule has 1 heterocycles. The summed E-state index contributed by atoms with van der Waals surface area (Å²) < 4.78 is 18.4. The zero-order valence-corrected chi connectivity index (χ0v) is 10.7. The monoisotopic (exact) mass is 298 g/mol. The molecule has 1 unspecified atom stereocenters. The number of cyclic esters (lactones) is 1. The molecule has 2 rings (SSSR count). The Hall–Kier alpha value is -1.16. The fraction of sp³-hybridized carbons (Fsp3) is 0.308. The topological polar surface area (TPSA) is 26.3 Å². The van der Waals surface area contributed by atoms with Crippen molar-refractivity contribution in [2.45, 2.75) is 12.8 Å². The minimum absolute atomic E-state index is 0.173. The van der Waals surface area contributed by atoms with Crippen molar-refractivity contribution in [1.29, 1.82) is 0 Å². The zero-order chi connectivity index (χ0) is 12.3. The molecule has 0 aliphatic carbocycles. The van der Waals surface area contributed by atoms with Crippen molar-refractivity contribution in [1.82, 2.24) is 0 Å². The van der Waals surface area contributed by atoms with Crippen molar-refractivity contribution in [2.24, 2.45) is 5.92 Å². The molecule has 1 saturated heterocycles. The van der Waals surface area contributed by atoms with Crippen LogP contribution in [0.1, 0.15) is 18.4 Å². The Kier molecular flexibility index (Phi) is 3.94. The van der Waals surface area contributed by atoms with Crippen LogP contribution in [0.4, 0.5) is 4.39 Å². The molecule has 1 fully saturated rings. The summed E-state index contributed by atoms with van der Waals surface area (Å²) in [5.41, 5.74) is 0.858. The van der Waals surface area contributed by atoms with Gasteiger partial charge in [-0.3, -0.25) is 4.79 Å². The lowest BCUT2D eigenvalue weighted by Crippen LogP contribution is -2.22. The van der Waals surface area contributed by atoms with E-state index in [9.17, 15) is 9.18 Å². The van der Waals surface area contributed by atoms with E-state index in [2.05, 4.69) is 15.9 Å². The third kappa shape index (κ3) is 3.16. The molecule has 1 atom stereocenters. The van der Waals surface area contributed by atoms with E-state index in [1.165, 1.54) is 6.07 Å². The van der Waals surface area contributed by atoms with Crippen molar-refractivity contribution in [2.75, 3.05) is 6.61 Å². The van der Waals surface area contributed by atoms with Gasteiger partial charge in [-0.15, -0.1) is 0 Å². The SMILES string of the molecule is O=C1OCCCC1/C=C/c1ccc(F)c(Br)c1. The Morgan fingerprint density at radius 2 is 2.29 bits per heavy atom. The molecule has 1 aliphatic heterocycles. The summed E-state index contributed by atoms with van der Waals surface area (Å²) in [5, 5.41) is 0. The lowest BCUT2D eigenvalue weighted by molar-refractivity contribution is -0.150. The summed E-state index contributed by atoms with van der Waals surface area (Å²) in [6.07, 6.45) is 5.36. The van der Waals surface area contributed by atoms with Crippen molar-refractivity contribution in [3.8, 4) is 0 Å². The van der Waals surface area contributed by atoms with Crippen LogP contribution in [0.2, 0.25) is 0 Å². The Morgan fingerprint density at radius 3 is 3.00 bits per heavy atom. The summed E-state index contributed by atoms with van der Waals surface area (Å²) in [5.74, 6) is -0.638. The van der Waals surface area contributed by atoms with Crippen LogP contribution in [0.5, 0.6) is 0 Å². The molecule has 0 N–H and O–H groups in total. The number of ether oxygens (including phenoxy) is 1. The molecule has 1 aromatic rings. The summed E-state index contributed by atoms with van der Waals surface area (Å²) in [7, 11) is 0. The number of esters is 1. The minimum Gasteiger partial charge on any atom is -0.465 e. The van der Waals surface area contributed by atoms with E-state index in [0.717, 1.165) is 18.4 Å². The van der Waals surface area contributed by atoms with E-state index in [-0.39, 0.29) is 17.7 Å². The number of benzene rings is 1. The van der Waals surface area contributed by atoms with Gasteiger partial charge in [0.25, 0.3) is 0 Å². The number of halogens is 2. The summed E-state index contributed by atoms with van der Waals surface area (Å²) in [6, 6.07) is 4.74. The van der Waals surface area contributed by atoms with Crippen molar-refractivity contribution >= 4 is 28.0 Å². The second-order valence-electron chi connectivity index (χ2n) is 3.95. The van der Waals surface area contributed by atoms with Crippen LogP contribution in [-0.2, 0) is 9.53 Å². The largest absolute Gasteiger partial charge is 0.465 e. The second kappa shape index (κ2) is 5.45. The molecule has 17 heavy (non-hydrogen) atoms. The van der Waals surface area contributed by atoms with Gasteiger partial charge < -0.3 is 4.74 Å². The highest BCUT2D eigenvalue weighted by atomic mass is 79.9. The van der Waals surface area contributed by atoms with E-state index < -0.39 is 0 Å². The van der Waals surface area contributed by atoms with Gasteiger partial charge in [0, 0.05) is 0 Å². The Balaban J connectivity index is 2.08. The van der Waals surface area contributed by atoms with Gasteiger partial charge in [-0.25, -0.2) is 4.39 Å². The quantitative estimate of drug-likeness (QED) is 0.781. The molecule has 0 radical (unpaired) electrons. The molecule has 90 valence electrons. The van der Waals surface area contributed by atoms with Crippen LogP contribution in [-0.4, -0.2) is 12.6 Å². The van der Waals surface area contributed by atoms with Crippen molar-refractivity contribution < 1.29 is 13.9 Å². The Morgan fingerprint density at radius 1 is 1.47 bits per heavy atom. The van der Waals surface area contributed by atoms with E-state index in [1.54, 1.807) is 12.1 Å². The highest BCUT2D eigenvalue weighted by Gasteiger charge is 2.20. The van der Waals surface area contributed by atoms with Crippen LogP contribution in [0.25, 0.3) is 6.08 Å². The predicted molar refractivity (Wildman–Crippen MR) is 66.8 cm³/mol. The number of rotatable bonds is 2. The lowest BCUT2D eigenvalue weighted by Gasteiger charge is -2.17. The maximum absolute atomic E-state index is 13.0. The number of hydrogen-bond acceptors (Lipinski definition) is 2. The van der Waals surface area contributed by atoms with Crippen LogP contribution in [0.3, 0.4) is 0 Å². The molecular weight excluding hydrogens is 287 g/mol. The van der Waals surface area contributed by atoms with Crippen LogP contribution >= 0.6 is 15.9 Å². The van der Waals surface area contributed by atoms with Gasteiger partial charge in [0.2, 0.25) is 0 Å². The maximum atomic E-state index is 13.0. The van der Waals surface area contributed by atoms with Gasteiger partial charge >= 0.3 is 5.97 Å². The Labute approximate surface area is 108 Å². The predicted octanol–water partition coefficient (Wildman–Crippen LogP) is 3.55. The van der Waals surface area contributed by atoms with Crippen molar-refractivity contribution in [3.05, 3.63) is 40.1 Å². The molecule has 1 aromatic carbocycles. The van der Waals surface area contributed by atoms with Crippen LogP contribution in [0, 0.1) is 11.7 Å². The molecular formula is C13H12BrFO2. The third-order valence-corrected chi connectivity index (χ3v) is 3.28. The van der Waals surface area contributed by atoms with Gasteiger partial charge in [0.15, 0.2) is 0 Å². The van der Waals surface area contributed by atoms with Crippen LogP contribution in [0.15, 0.2) is 28.7 Å². The van der Waals surface area contributed by atoms with Crippen molar-refractivity contribution in [3.63, 3.8) is 0 Å². The normalized spacial score (nSPS) is 20.6. The first-order valence-electron chi connectivity index (χ1n) is 5.47. The molecule has 0 bridgehead atoms. The average Bonchev–Trinajstić information content (AvgIpc) is 2.32. The smallest absolute Gasteiger partial charge is 0.312 e. The number of carbonyl (C=O) groups is 1. The first-order chi connectivity index (χ1) is 8.16. The minimum atomic E-state index is -0.292. The van der Waals surface area contributed by atoms with E-state index in [1.807, 2.05) is 12.2 Å². The van der Waals surface area contributed by atoms with Gasteiger partial charge in [0.1, 0.15) is 5.82 Å². The fourth-order valence-electron chi connectivity index (χ4n) is 1.72. The standard InChI is InChI=1S/C13H12BrFO2/c14-11-8-9(4-6-12(11)15)3-5-10-2-1-7-17-13(10)16/h3-6,8,10H,1-2,7H2/b5-3+. The van der Waals surface area contributed by atoms with E-state index >= 15 is 0 Å². The molecule has 2 nitrogen and oxygen atoms in total. The summed E-state index contributed by atoms with van der Waals surface area (Å²) in [6.45, 7) is 0.519. The molecule has 4 heteroatoms. The van der Waals surface area contributed by atoms with E-state index in [0.29, 0.717) is 11.1 Å². The average molecular weight is 299 g/mol. The highest BCUT2D eigenvalue weighted by Crippen LogP contribution is 2.20. The molecule has 1 aliphatic rings. The van der Waals surface area contributed by atoms with Gasteiger partial charge in [-0.1, -0.05) is 18.2 Å². The third-order valence-electron chi connectivity index (χ3n) is 2.67. The molecule has 0 saturated carbocycles. The van der Waals surface area contributed by atoms with Gasteiger partial charge in [-0.05, 0) is 46.5 Å². The number of hydrogen-bond donors (Lipinski definition) is 0. The van der Waals surface area contributed by atoms with Crippen LogP contribution < -0.4 is 0 Å². The van der Waals surface area contributed by atoms with E-state index in [4.69, 9.17) is 4.74 Å².